The summed E-state index contributed by atoms with van der Waals surface area (Å²) >= 11 is 1.51. The highest BCUT2D eigenvalue weighted by atomic mass is 32.1. The van der Waals surface area contributed by atoms with Crippen molar-refractivity contribution in [3.63, 3.8) is 0 Å². The molecule has 0 spiro atoms. The fraction of sp³-hybridized carbons (Fsp3) is 0.364. The van der Waals surface area contributed by atoms with E-state index in [1.54, 1.807) is 0 Å². The Labute approximate surface area is 108 Å². The molecule has 0 bridgehead atoms. The second-order valence-electron chi connectivity index (χ2n) is 4.20. The topological polar surface area (TPSA) is 92.9 Å². The van der Waals surface area contributed by atoms with E-state index in [1.165, 1.54) is 11.3 Å². The van der Waals surface area contributed by atoms with Gasteiger partial charge < -0.3 is 16.4 Å². The molecule has 18 heavy (non-hydrogen) atoms. The molecule has 1 aliphatic rings. The van der Waals surface area contributed by atoms with Crippen LogP contribution >= 0.6 is 11.3 Å². The highest BCUT2D eigenvalue weighted by molar-refractivity contribution is 7.16. The second-order valence-corrected chi connectivity index (χ2v) is 5.09. The molecule has 2 aromatic heterocycles. The van der Waals surface area contributed by atoms with Crippen LogP contribution in [0.5, 0.6) is 0 Å². The van der Waals surface area contributed by atoms with Crippen LogP contribution in [0.3, 0.4) is 0 Å². The Balaban J connectivity index is 1.93. The summed E-state index contributed by atoms with van der Waals surface area (Å²) in [6.07, 6.45) is 1.78. The SMILES string of the molecule is Nc1nc(NC2CCCNC2=O)c2ccsc2n1. The summed E-state index contributed by atoms with van der Waals surface area (Å²) in [5, 5.41) is 8.84. The summed E-state index contributed by atoms with van der Waals surface area (Å²) in [7, 11) is 0. The third-order valence-electron chi connectivity index (χ3n) is 2.94. The van der Waals surface area contributed by atoms with Crippen LogP contribution in [-0.4, -0.2) is 28.5 Å². The first-order valence-corrected chi connectivity index (χ1v) is 6.67. The van der Waals surface area contributed by atoms with Gasteiger partial charge in [-0.15, -0.1) is 11.3 Å². The van der Waals surface area contributed by atoms with Crippen molar-refractivity contribution in [1.29, 1.82) is 0 Å². The number of rotatable bonds is 2. The van der Waals surface area contributed by atoms with Crippen molar-refractivity contribution in [3.05, 3.63) is 11.4 Å². The van der Waals surface area contributed by atoms with Gasteiger partial charge >= 0.3 is 0 Å². The first kappa shape index (κ1) is 11.2. The van der Waals surface area contributed by atoms with E-state index in [4.69, 9.17) is 5.73 Å². The highest BCUT2D eigenvalue weighted by Crippen LogP contribution is 2.26. The molecule has 1 fully saturated rings. The average molecular weight is 263 g/mol. The van der Waals surface area contributed by atoms with E-state index in [2.05, 4.69) is 20.6 Å². The number of carbonyl (C=O) groups is 1. The van der Waals surface area contributed by atoms with E-state index in [0.717, 1.165) is 29.6 Å². The zero-order chi connectivity index (χ0) is 12.5. The summed E-state index contributed by atoms with van der Waals surface area (Å²) < 4.78 is 0. The molecule has 0 aromatic carbocycles. The second kappa shape index (κ2) is 4.41. The lowest BCUT2D eigenvalue weighted by molar-refractivity contribution is -0.123. The largest absolute Gasteiger partial charge is 0.368 e. The molecule has 6 nitrogen and oxygen atoms in total. The van der Waals surface area contributed by atoms with Crippen molar-refractivity contribution < 1.29 is 4.79 Å². The lowest BCUT2D eigenvalue weighted by Crippen LogP contribution is -2.44. The normalized spacial score (nSPS) is 19.8. The smallest absolute Gasteiger partial charge is 0.242 e. The average Bonchev–Trinajstić information content (AvgIpc) is 2.80. The third-order valence-corrected chi connectivity index (χ3v) is 3.75. The van der Waals surface area contributed by atoms with E-state index in [-0.39, 0.29) is 17.9 Å². The highest BCUT2D eigenvalue weighted by Gasteiger charge is 2.23. The Kier molecular flexibility index (Phi) is 2.75. The maximum absolute atomic E-state index is 11.7. The number of anilines is 2. The monoisotopic (exact) mass is 263 g/mol. The van der Waals surface area contributed by atoms with Gasteiger partial charge in [0.1, 0.15) is 16.7 Å². The Morgan fingerprint density at radius 2 is 2.39 bits per heavy atom. The number of nitrogens with zero attached hydrogens (tertiary/aromatic N) is 2. The van der Waals surface area contributed by atoms with Gasteiger partial charge in [0, 0.05) is 6.54 Å². The number of aromatic nitrogens is 2. The number of hydrogen-bond donors (Lipinski definition) is 3. The van der Waals surface area contributed by atoms with E-state index >= 15 is 0 Å². The number of thiophene rings is 1. The predicted molar refractivity (Wildman–Crippen MR) is 71.5 cm³/mol. The molecule has 0 saturated carbocycles. The van der Waals surface area contributed by atoms with Crippen LogP contribution < -0.4 is 16.4 Å². The molecule has 94 valence electrons. The Morgan fingerprint density at radius 1 is 1.50 bits per heavy atom. The molecule has 0 radical (unpaired) electrons. The maximum Gasteiger partial charge on any atom is 0.242 e. The standard InChI is InChI=1S/C11H13N5OS/c12-11-15-8(6-3-5-18-10(6)16-11)14-7-2-1-4-13-9(7)17/h3,5,7H,1-2,4H2,(H,13,17)(H3,12,14,15,16). The number of hydrogen-bond acceptors (Lipinski definition) is 6. The zero-order valence-corrected chi connectivity index (χ0v) is 10.5. The minimum Gasteiger partial charge on any atom is -0.368 e. The van der Waals surface area contributed by atoms with Crippen LogP contribution in [0.4, 0.5) is 11.8 Å². The minimum absolute atomic E-state index is 0.0156. The van der Waals surface area contributed by atoms with Gasteiger partial charge in [-0.25, -0.2) is 4.98 Å². The van der Waals surface area contributed by atoms with Gasteiger partial charge in [0.2, 0.25) is 11.9 Å². The number of amides is 1. The number of nitrogens with two attached hydrogens (primary N) is 1. The number of fused-ring (bicyclic) bond motifs is 1. The molecular weight excluding hydrogens is 250 g/mol. The molecule has 1 aliphatic heterocycles. The van der Waals surface area contributed by atoms with Crippen molar-refractivity contribution >= 4 is 39.2 Å². The van der Waals surface area contributed by atoms with Crippen LogP contribution in [0.25, 0.3) is 10.2 Å². The van der Waals surface area contributed by atoms with Crippen LogP contribution in [0, 0.1) is 0 Å². The van der Waals surface area contributed by atoms with E-state index in [0.29, 0.717) is 5.82 Å². The Hall–Kier alpha value is -1.89. The number of piperidine rings is 1. The van der Waals surface area contributed by atoms with Crippen molar-refractivity contribution in [3.8, 4) is 0 Å². The van der Waals surface area contributed by atoms with Gasteiger partial charge in [-0.3, -0.25) is 4.79 Å². The zero-order valence-electron chi connectivity index (χ0n) is 9.64. The first-order chi connectivity index (χ1) is 8.74. The predicted octanol–water partition coefficient (Wildman–Crippen LogP) is 0.964. The van der Waals surface area contributed by atoms with Crippen LogP contribution in [-0.2, 0) is 4.79 Å². The molecule has 7 heteroatoms. The van der Waals surface area contributed by atoms with E-state index in [1.807, 2.05) is 11.4 Å². The van der Waals surface area contributed by atoms with Crippen LogP contribution in [0.2, 0.25) is 0 Å². The van der Waals surface area contributed by atoms with Crippen molar-refractivity contribution in [2.24, 2.45) is 0 Å². The van der Waals surface area contributed by atoms with Crippen molar-refractivity contribution in [2.45, 2.75) is 18.9 Å². The summed E-state index contributed by atoms with van der Waals surface area (Å²) in [6, 6.07) is 1.69. The van der Waals surface area contributed by atoms with E-state index < -0.39 is 0 Å². The third kappa shape index (κ3) is 1.97. The molecule has 0 aliphatic carbocycles. The van der Waals surface area contributed by atoms with Crippen molar-refractivity contribution in [1.82, 2.24) is 15.3 Å². The fourth-order valence-electron chi connectivity index (χ4n) is 2.06. The van der Waals surface area contributed by atoms with Crippen LogP contribution in [0.15, 0.2) is 11.4 Å². The molecule has 1 saturated heterocycles. The van der Waals surface area contributed by atoms with Gasteiger partial charge in [0.15, 0.2) is 0 Å². The first-order valence-electron chi connectivity index (χ1n) is 5.79. The van der Waals surface area contributed by atoms with Gasteiger partial charge in [-0.1, -0.05) is 0 Å². The van der Waals surface area contributed by atoms with Gasteiger partial charge in [-0.2, -0.15) is 4.98 Å². The molecule has 3 rings (SSSR count). The summed E-state index contributed by atoms with van der Waals surface area (Å²) in [5.41, 5.74) is 5.67. The quantitative estimate of drug-likeness (QED) is 0.750. The molecule has 1 atom stereocenters. The molecule has 1 amide bonds. The number of nitrogen functional groups attached to an aromatic ring is 1. The van der Waals surface area contributed by atoms with Crippen molar-refractivity contribution in [2.75, 3.05) is 17.6 Å². The summed E-state index contributed by atoms with van der Waals surface area (Å²) in [5.74, 6) is 0.881. The number of nitrogens with one attached hydrogen (secondary N) is 2. The molecule has 4 N–H and O–H groups in total. The Morgan fingerprint density at radius 3 is 3.22 bits per heavy atom. The maximum atomic E-state index is 11.7. The molecule has 1 unspecified atom stereocenters. The lowest BCUT2D eigenvalue weighted by atomic mass is 10.1. The van der Waals surface area contributed by atoms with E-state index in [9.17, 15) is 4.79 Å². The number of carbonyl (C=O) groups excluding carboxylic acids is 1. The molecule has 3 heterocycles. The van der Waals surface area contributed by atoms with Gasteiger partial charge in [-0.05, 0) is 24.3 Å². The summed E-state index contributed by atoms with van der Waals surface area (Å²) in [4.78, 5) is 20.9. The fourth-order valence-corrected chi connectivity index (χ4v) is 2.83. The minimum atomic E-state index is -0.240. The lowest BCUT2D eigenvalue weighted by Gasteiger charge is -2.23. The Bertz CT molecular complexity index is 596. The van der Waals surface area contributed by atoms with Gasteiger partial charge in [0.25, 0.3) is 0 Å². The van der Waals surface area contributed by atoms with Gasteiger partial charge in [0.05, 0.1) is 5.39 Å². The summed E-state index contributed by atoms with van der Waals surface area (Å²) in [6.45, 7) is 0.747. The van der Waals surface area contributed by atoms with Crippen LogP contribution in [0.1, 0.15) is 12.8 Å². The molecular formula is C11H13N5OS. The molecule has 2 aromatic rings.